The van der Waals surface area contributed by atoms with Crippen LogP contribution in [-0.4, -0.2) is 31.0 Å². The van der Waals surface area contributed by atoms with E-state index in [1.165, 1.54) is 7.11 Å². The van der Waals surface area contributed by atoms with Crippen molar-refractivity contribution in [1.82, 2.24) is 4.90 Å². The van der Waals surface area contributed by atoms with Crippen LogP contribution in [0.4, 0.5) is 0 Å². The first-order valence-corrected chi connectivity index (χ1v) is 7.96. The highest BCUT2D eigenvalue weighted by molar-refractivity contribution is 6.32. The van der Waals surface area contributed by atoms with Crippen LogP contribution < -0.4 is 10.4 Å². The monoisotopic (exact) mass is 335 g/mol. The molecule has 0 unspecified atom stereocenters. The maximum Gasteiger partial charge on any atom is 0.340 e. The molecule has 2 aromatic rings. The quantitative estimate of drug-likeness (QED) is 0.809. The fraction of sp³-hybridized carbons (Fsp3) is 0.412. The molecule has 23 heavy (non-hydrogen) atoms. The highest BCUT2D eigenvalue weighted by Crippen LogP contribution is 2.31. The Kier molecular flexibility index (Phi) is 4.31. The number of carbonyl (C=O) groups is 1. The number of amides is 1. The molecule has 2 heterocycles. The van der Waals surface area contributed by atoms with E-state index < -0.39 is 5.63 Å². The topological polar surface area (TPSA) is 59.8 Å². The van der Waals surface area contributed by atoms with Crippen LogP contribution in [0.1, 0.15) is 24.0 Å². The first-order valence-electron chi connectivity index (χ1n) is 7.59. The zero-order valence-corrected chi connectivity index (χ0v) is 13.9. The van der Waals surface area contributed by atoms with Gasteiger partial charge in [0.05, 0.1) is 24.1 Å². The summed E-state index contributed by atoms with van der Waals surface area (Å²) in [5.74, 6) is 0.416. The number of ether oxygens (including phenoxy) is 1. The number of halogens is 1. The molecule has 0 radical (unpaired) electrons. The van der Waals surface area contributed by atoms with Crippen molar-refractivity contribution >= 4 is 28.5 Å². The first-order chi connectivity index (χ1) is 11.0. The van der Waals surface area contributed by atoms with Crippen molar-refractivity contribution in [2.45, 2.75) is 26.2 Å². The number of hydrogen-bond acceptors (Lipinski definition) is 4. The van der Waals surface area contributed by atoms with Gasteiger partial charge in [0.1, 0.15) is 11.3 Å². The van der Waals surface area contributed by atoms with Gasteiger partial charge < -0.3 is 14.1 Å². The van der Waals surface area contributed by atoms with Crippen molar-refractivity contribution in [2.24, 2.45) is 0 Å². The molecule has 1 fully saturated rings. The molecule has 1 aliphatic rings. The van der Waals surface area contributed by atoms with Gasteiger partial charge in [-0.15, -0.1) is 0 Å². The van der Waals surface area contributed by atoms with Crippen LogP contribution in [0.15, 0.2) is 21.3 Å². The summed E-state index contributed by atoms with van der Waals surface area (Å²) in [5.41, 5.74) is 1.06. The average molecular weight is 336 g/mol. The van der Waals surface area contributed by atoms with Gasteiger partial charge >= 0.3 is 5.63 Å². The molecule has 1 aromatic heterocycles. The minimum atomic E-state index is -0.480. The smallest absolute Gasteiger partial charge is 0.340 e. The molecule has 122 valence electrons. The lowest BCUT2D eigenvalue weighted by atomic mass is 10.0. The first kappa shape index (κ1) is 15.9. The van der Waals surface area contributed by atoms with E-state index in [4.69, 9.17) is 20.8 Å². The molecule has 0 atom stereocenters. The lowest BCUT2D eigenvalue weighted by Crippen LogP contribution is -2.31. The number of methoxy groups -OCH3 is 1. The predicted molar refractivity (Wildman–Crippen MR) is 88.3 cm³/mol. The van der Waals surface area contributed by atoms with Crippen molar-refractivity contribution in [3.63, 3.8) is 0 Å². The molecule has 1 aromatic carbocycles. The van der Waals surface area contributed by atoms with E-state index >= 15 is 0 Å². The molecule has 0 spiro atoms. The summed E-state index contributed by atoms with van der Waals surface area (Å²) < 4.78 is 10.5. The molecule has 1 aliphatic heterocycles. The molecule has 6 heteroatoms. The van der Waals surface area contributed by atoms with Gasteiger partial charge in [-0.25, -0.2) is 4.79 Å². The molecule has 1 amide bonds. The van der Waals surface area contributed by atoms with Gasteiger partial charge in [0.15, 0.2) is 0 Å². The Morgan fingerprint density at radius 1 is 1.35 bits per heavy atom. The number of fused-ring (bicyclic) bond motifs is 1. The Morgan fingerprint density at radius 2 is 2.04 bits per heavy atom. The van der Waals surface area contributed by atoms with E-state index in [1.54, 1.807) is 17.0 Å². The van der Waals surface area contributed by atoms with Crippen molar-refractivity contribution in [1.29, 1.82) is 0 Å². The van der Waals surface area contributed by atoms with Crippen LogP contribution in [0.2, 0.25) is 5.02 Å². The molecular formula is C17H18ClNO4. The largest absolute Gasteiger partial charge is 0.495 e. The van der Waals surface area contributed by atoms with Crippen LogP contribution in [-0.2, 0) is 11.2 Å². The van der Waals surface area contributed by atoms with Gasteiger partial charge in [-0.05, 0) is 31.4 Å². The van der Waals surface area contributed by atoms with E-state index in [0.717, 1.165) is 36.9 Å². The number of hydrogen-bond donors (Lipinski definition) is 0. The second-order valence-electron chi connectivity index (χ2n) is 5.74. The summed E-state index contributed by atoms with van der Waals surface area (Å²) in [5, 5.41) is 1.16. The third-order valence-electron chi connectivity index (χ3n) is 4.35. The second-order valence-corrected chi connectivity index (χ2v) is 6.15. The van der Waals surface area contributed by atoms with E-state index in [1.807, 2.05) is 6.92 Å². The Bertz CT molecular complexity index is 821. The zero-order chi connectivity index (χ0) is 16.6. The van der Waals surface area contributed by atoms with Crippen LogP contribution in [0.5, 0.6) is 5.75 Å². The zero-order valence-electron chi connectivity index (χ0n) is 13.1. The Hall–Kier alpha value is -2.01. The van der Waals surface area contributed by atoms with Crippen LogP contribution in [0.25, 0.3) is 11.0 Å². The van der Waals surface area contributed by atoms with E-state index in [9.17, 15) is 9.59 Å². The van der Waals surface area contributed by atoms with Gasteiger partial charge in [0.2, 0.25) is 5.91 Å². The Balaban J connectivity index is 2.03. The van der Waals surface area contributed by atoms with E-state index in [-0.39, 0.29) is 12.3 Å². The summed E-state index contributed by atoms with van der Waals surface area (Å²) in [6.07, 6.45) is 2.10. The summed E-state index contributed by atoms with van der Waals surface area (Å²) >= 11 is 6.16. The van der Waals surface area contributed by atoms with Crippen LogP contribution >= 0.6 is 11.6 Å². The van der Waals surface area contributed by atoms with Gasteiger partial charge in [0, 0.05) is 24.5 Å². The molecule has 0 N–H and O–H groups in total. The summed E-state index contributed by atoms with van der Waals surface area (Å²) in [6, 6.07) is 3.30. The number of rotatable bonds is 3. The number of aryl methyl sites for hydroxylation is 1. The fourth-order valence-corrected chi connectivity index (χ4v) is 3.22. The number of carbonyl (C=O) groups excluding carboxylic acids is 1. The van der Waals surface area contributed by atoms with Gasteiger partial charge in [-0.2, -0.15) is 0 Å². The molecule has 1 saturated heterocycles. The van der Waals surface area contributed by atoms with Crippen LogP contribution in [0.3, 0.4) is 0 Å². The Morgan fingerprint density at radius 3 is 2.70 bits per heavy atom. The lowest BCUT2D eigenvalue weighted by Gasteiger charge is -2.16. The third-order valence-corrected chi connectivity index (χ3v) is 4.64. The van der Waals surface area contributed by atoms with Crippen molar-refractivity contribution in [3.05, 3.63) is 38.7 Å². The Labute approximate surface area is 138 Å². The van der Waals surface area contributed by atoms with Crippen molar-refractivity contribution in [3.8, 4) is 5.75 Å². The van der Waals surface area contributed by atoms with Crippen LogP contribution in [0, 0.1) is 6.92 Å². The maximum atomic E-state index is 12.3. The van der Waals surface area contributed by atoms with E-state index in [2.05, 4.69) is 0 Å². The third kappa shape index (κ3) is 2.93. The summed E-state index contributed by atoms with van der Waals surface area (Å²) in [4.78, 5) is 26.4. The van der Waals surface area contributed by atoms with E-state index in [0.29, 0.717) is 21.9 Å². The van der Waals surface area contributed by atoms with Gasteiger partial charge in [-0.1, -0.05) is 11.6 Å². The van der Waals surface area contributed by atoms with Crippen molar-refractivity contribution in [2.75, 3.05) is 20.2 Å². The number of nitrogens with zero attached hydrogens (tertiary/aromatic N) is 1. The highest BCUT2D eigenvalue weighted by atomic mass is 35.5. The molecule has 0 aliphatic carbocycles. The highest BCUT2D eigenvalue weighted by Gasteiger charge is 2.22. The molecule has 5 nitrogen and oxygen atoms in total. The normalized spacial score (nSPS) is 14.5. The molecule has 0 saturated carbocycles. The lowest BCUT2D eigenvalue weighted by molar-refractivity contribution is -0.129. The average Bonchev–Trinajstić information content (AvgIpc) is 3.06. The summed E-state index contributed by atoms with van der Waals surface area (Å²) in [6.45, 7) is 3.34. The van der Waals surface area contributed by atoms with Gasteiger partial charge in [-0.3, -0.25) is 4.79 Å². The maximum absolute atomic E-state index is 12.3. The molecule has 0 bridgehead atoms. The van der Waals surface area contributed by atoms with Gasteiger partial charge in [0.25, 0.3) is 0 Å². The number of benzene rings is 1. The number of likely N-dealkylation sites (tertiary alicyclic amines) is 1. The predicted octanol–water partition coefficient (Wildman–Crippen LogP) is 2.93. The minimum Gasteiger partial charge on any atom is -0.495 e. The minimum absolute atomic E-state index is 0.0307. The summed E-state index contributed by atoms with van der Waals surface area (Å²) in [7, 11) is 1.50. The fourth-order valence-electron chi connectivity index (χ4n) is 2.98. The molecule has 3 rings (SSSR count). The molecular weight excluding hydrogens is 318 g/mol. The second kappa shape index (κ2) is 6.24. The SMILES string of the molecule is COc1cc2oc(=O)c(CC(=O)N3CCCC3)c(C)c2cc1Cl. The standard InChI is InChI=1S/C17H18ClNO4/c1-10-11-7-13(18)15(22-2)9-14(11)23-17(21)12(10)8-16(20)19-5-3-4-6-19/h7,9H,3-6,8H2,1-2H3. The van der Waals surface area contributed by atoms with Crippen molar-refractivity contribution < 1.29 is 13.9 Å².